The number of hydrogen-bond acceptors (Lipinski definition) is 6. The predicted molar refractivity (Wildman–Crippen MR) is 99.9 cm³/mol. The molecule has 26 heavy (non-hydrogen) atoms. The second-order valence-corrected chi connectivity index (χ2v) is 5.73. The van der Waals surface area contributed by atoms with E-state index in [1.54, 1.807) is 30.3 Å². The number of hydrogen-bond donors (Lipinski definition) is 3. The van der Waals surface area contributed by atoms with E-state index in [9.17, 15) is 9.18 Å². The summed E-state index contributed by atoms with van der Waals surface area (Å²) < 4.78 is 13.0. The summed E-state index contributed by atoms with van der Waals surface area (Å²) in [5.74, 6) is 0.595. The predicted octanol–water partition coefficient (Wildman–Crippen LogP) is 3.76. The molecule has 3 rings (SSSR count). The first-order valence-electron chi connectivity index (χ1n) is 8.00. The van der Waals surface area contributed by atoms with E-state index < -0.39 is 0 Å². The minimum absolute atomic E-state index is 0.0223. The number of benzene rings is 2. The molecule has 0 atom stereocenters. The van der Waals surface area contributed by atoms with Crippen LogP contribution in [0.1, 0.15) is 22.8 Å². The number of nitrogen functional groups attached to an aromatic ring is 1. The third-order valence-corrected chi connectivity index (χ3v) is 3.79. The summed E-state index contributed by atoms with van der Waals surface area (Å²) >= 11 is 0. The first-order chi connectivity index (χ1) is 12.5. The number of nitrogens with two attached hydrogens (primary N) is 1. The molecule has 3 aromatic rings. The zero-order chi connectivity index (χ0) is 18.5. The fourth-order valence-electron chi connectivity index (χ4n) is 2.38. The number of nitrogens with zero attached hydrogens (tertiary/aromatic N) is 2. The van der Waals surface area contributed by atoms with Gasteiger partial charge in [0.05, 0.1) is 0 Å². The fraction of sp³-hybridized carbons (Fsp3) is 0.105. The smallest absolute Gasteiger partial charge is 0.159 e. The van der Waals surface area contributed by atoms with Crippen LogP contribution in [0.3, 0.4) is 0 Å². The van der Waals surface area contributed by atoms with Crippen molar-refractivity contribution >= 4 is 28.8 Å². The summed E-state index contributed by atoms with van der Waals surface area (Å²) in [6.45, 7) is 1.95. The molecule has 0 saturated carbocycles. The third kappa shape index (κ3) is 4.13. The quantitative estimate of drug-likeness (QED) is 0.586. The van der Waals surface area contributed by atoms with Gasteiger partial charge in [0.2, 0.25) is 0 Å². The molecule has 0 radical (unpaired) electrons. The average Bonchev–Trinajstić information content (AvgIpc) is 2.64. The van der Waals surface area contributed by atoms with Crippen LogP contribution in [0.5, 0.6) is 0 Å². The van der Waals surface area contributed by atoms with Crippen molar-refractivity contribution in [2.45, 2.75) is 13.5 Å². The number of anilines is 4. The zero-order valence-corrected chi connectivity index (χ0v) is 14.2. The summed E-state index contributed by atoms with van der Waals surface area (Å²) in [6, 6.07) is 13.2. The average molecular weight is 351 g/mol. The number of carbonyl (C=O) groups is 1. The molecule has 0 aliphatic heterocycles. The van der Waals surface area contributed by atoms with E-state index >= 15 is 0 Å². The number of aromatic nitrogens is 2. The maximum absolute atomic E-state index is 13.0. The zero-order valence-electron chi connectivity index (χ0n) is 14.2. The molecule has 0 spiro atoms. The number of halogens is 1. The van der Waals surface area contributed by atoms with Gasteiger partial charge in [0.15, 0.2) is 17.4 Å². The normalized spacial score (nSPS) is 10.4. The monoisotopic (exact) mass is 351 g/mol. The third-order valence-electron chi connectivity index (χ3n) is 3.79. The van der Waals surface area contributed by atoms with Gasteiger partial charge >= 0.3 is 0 Å². The number of rotatable bonds is 6. The van der Waals surface area contributed by atoms with Crippen LogP contribution in [-0.2, 0) is 6.54 Å². The van der Waals surface area contributed by atoms with E-state index in [4.69, 9.17) is 5.73 Å². The lowest BCUT2D eigenvalue weighted by Gasteiger charge is -2.13. The van der Waals surface area contributed by atoms with Crippen molar-refractivity contribution in [2.24, 2.45) is 0 Å². The molecule has 2 aromatic carbocycles. The second kappa shape index (κ2) is 7.60. The highest BCUT2D eigenvalue weighted by Crippen LogP contribution is 2.26. The molecule has 0 amide bonds. The Balaban J connectivity index is 1.75. The van der Waals surface area contributed by atoms with Crippen molar-refractivity contribution in [3.05, 3.63) is 71.8 Å². The Morgan fingerprint density at radius 2 is 1.85 bits per heavy atom. The van der Waals surface area contributed by atoms with Crippen LogP contribution in [0.4, 0.5) is 27.4 Å². The SMILES string of the molecule is CC(=O)c1cccc(Nc2ncnc(NCc3ccc(F)cc3)c2N)c1. The summed E-state index contributed by atoms with van der Waals surface area (Å²) in [4.78, 5) is 19.8. The summed E-state index contributed by atoms with van der Waals surface area (Å²) in [5, 5.41) is 6.21. The highest BCUT2D eigenvalue weighted by molar-refractivity contribution is 5.95. The van der Waals surface area contributed by atoms with Gasteiger partial charge < -0.3 is 16.4 Å². The van der Waals surface area contributed by atoms with Crippen LogP contribution in [0.25, 0.3) is 0 Å². The van der Waals surface area contributed by atoms with Crippen molar-refractivity contribution in [2.75, 3.05) is 16.4 Å². The fourth-order valence-corrected chi connectivity index (χ4v) is 2.38. The minimum Gasteiger partial charge on any atom is -0.393 e. The Morgan fingerprint density at radius 1 is 1.12 bits per heavy atom. The van der Waals surface area contributed by atoms with Crippen molar-refractivity contribution in [3.63, 3.8) is 0 Å². The summed E-state index contributed by atoms with van der Waals surface area (Å²) in [5.41, 5.74) is 8.68. The van der Waals surface area contributed by atoms with Crippen LogP contribution in [0, 0.1) is 5.82 Å². The molecule has 4 N–H and O–H groups in total. The van der Waals surface area contributed by atoms with E-state index in [0.717, 1.165) is 5.56 Å². The first kappa shape index (κ1) is 17.3. The Morgan fingerprint density at radius 3 is 2.58 bits per heavy atom. The van der Waals surface area contributed by atoms with Gasteiger partial charge in [-0.15, -0.1) is 0 Å². The van der Waals surface area contributed by atoms with Crippen molar-refractivity contribution in [1.29, 1.82) is 0 Å². The molecule has 1 heterocycles. The van der Waals surface area contributed by atoms with Gasteiger partial charge in [-0.05, 0) is 36.8 Å². The van der Waals surface area contributed by atoms with Crippen molar-refractivity contribution in [3.8, 4) is 0 Å². The number of carbonyl (C=O) groups excluding carboxylic acids is 1. The molecular weight excluding hydrogens is 333 g/mol. The largest absolute Gasteiger partial charge is 0.393 e. The lowest BCUT2D eigenvalue weighted by atomic mass is 10.1. The van der Waals surface area contributed by atoms with Gasteiger partial charge in [-0.25, -0.2) is 14.4 Å². The topological polar surface area (TPSA) is 92.9 Å². The summed E-state index contributed by atoms with van der Waals surface area (Å²) in [6.07, 6.45) is 1.39. The lowest BCUT2D eigenvalue weighted by Crippen LogP contribution is -2.08. The number of nitrogens with one attached hydrogen (secondary N) is 2. The highest BCUT2D eigenvalue weighted by atomic mass is 19.1. The van der Waals surface area contributed by atoms with E-state index in [1.807, 2.05) is 6.07 Å². The molecule has 0 fully saturated rings. The van der Waals surface area contributed by atoms with Crippen LogP contribution in [-0.4, -0.2) is 15.8 Å². The molecule has 0 aliphatic rings. The van der Waals surface area contributed by atoms with E-state index in [1.165, 1.54) is 25.4 Å². The molecule has 7 heteroatoms. The van der Waals surface area contributed by atoms with Gasteiger partial charge in [-0.3, -0.25) is 4.79 Å². The lowest BCUT2D eigenvalue weighted by molar-refractivity contribution is 0.101. The Hall–Kier alpha value is -3.48. The van der Waals surface area contributed by atoms with E-state index in [0.29, 0.717) is 35.1 Å². The van der Waals surface area contributed by atoms with Crippen LogP contribution in [0.2, 0.25) is 0 Å². The van der Waals surface area contributed by atoms with Gasteiger partial charge in [-0.2, -0.15) is 0 Å². The number of ketones is 1. The van der Waals surface area contributed by atoms with Gasteiger partial charge in [0, 0.05) is 17.8 Å². The van der Waals surface area contributed by atoms with Gasteiger partial charge in [-0.1, -0.05) is 24.3 Å². The molecule has 0 bridgehead atoms. The Labute approximate surface area is 150 Å². The highest BCUT2D eigenvalue weighted by Gasteiger charge is 2.09. The minimum atomic E-state index is -0.283. The molecule has 132 valence electrons. The maximum atomic E-state index is 13.0. The second-order valence-electron chi connectivity index (χ2n) is 5.73. The van der Waals surface area contributed by atoms with Gasteiger partial charge in [0.25, 0.3) is 0 Å². The Bertz CT molecular complexity index is 927. The maximum Gasteiger partial charge on any atom is 0.159 e. The van der Waals surface area contributed by atoms with E-state index in [-0.39, 0.29) is 11.6 Å². The molecule has 0 saturated heterocycles. The summed E-state index contributed by atoms with van der Waals surface area (Å²) in [7, 11) is 0. The molecule has 1 aromatic heterocycles. The van der Waals surface area contributed by atoms with Crippen LogP contribution >= 0.6 is 0 Å². The molecular formula is C19H18FN5O. The van der Waals surface area contributed by atoms with Crippen molar-refractivity contribution < 1.29 is 9.18 Å². The van der Waals surface area contributed by atoms with Crippen LogP contribution in [0.15, 0.2) is 54.9 Å². The molecule has 0 aliphatic carbocycles. The van der Waals surface area contributed by atoms with Crippen molar-refractivity contribution in [1.82, 2.24) is 9.97 Å². The van der Waals surface area contributed by atoms with Gasteiger partial charge in [0.1, 0.15) is 17.8 Å². The molecule has 0 unspecified atom stereocenters. The Kier molecular flexibility index (Phi) is 5.07. The van der Waals surface area contributed by atoms with E-state index in [2.05, 4.69) is 20.6 Å². The van der Waals surface area contributed by atoms with Crippen LogP contribution < -0.4 is 16.4 Å². The molecule has 6 nitrogen and oxygen atoms in total. The first-order valence-corrected chi connectivity index (χ1v) is 8.00. The number of Topliss-reactive ketones (excluding diaryl/α,β-unsaturated/α-hetero) is 1. The standard InChI is InChI=1S/C19H18FN5O/c1-12(26)14-3-2-4-16(9-14)25-19-17(21)18(23-11-24-19)22-10-13-5-7-15(20)8-6-13/h2-9,11H,10,21H2,1H3,(H2,22,23,24,25).